The maximum Gasteiger partial charge on any atom is 0.437 e. The molecule has 4 aromatic rings. The summed E-state index contributed by atoms with van der Waals surface area (Å²) in [6.45, 7) is 1.60. The second kappa shape index (κ2) is 7.91. The molecule has 154 valence electrons. The van der Waals surface area contributed by atoms with E-state index < -0.39 is 5.76 Å². The molecule has 8 nitrogen and oxygen atoms in total. The van der Waals surface area contributed by atoms with Crippen LogP contribution in [0.1, 0.15) is 31.0 Å². The third kappa shape index (κ3) is 3.68. The SMILES string of the molecule is O=C(CCn1nc(-c2cccs2)oc1=O)N1CCC(c2nc3ccccc3[nH]2)CC1. The zero-order valence-electron chi connectivity index (χ0n) is 16.3. The van der Waals surface area contributed by atoms with E-state index in [0.29, 0.717) is 24.9 Å². The molecule has 1 aliphatic rings. The highest BCUT2D eigenvalue weighted by atomic mass is 32.1. The maximum atomic E-state index is 12.6. The van der Waals surface area contributed by atoms with E-state index in [-0.39, 0.29) is 18.9 Å². The number of benzene rings is 1. The topological polar surface area (TPSA) is 97.0 Å². The zero-order valence-corrected chi connectivity index (χ0v) is 17.1. The van der Waals surface area contributed by atoms with Crippen LogP contribution in [0.4, 0.5) is 0 Å². The Morgan fingerprint density at radius 2 is 2.03 bits per heavy atom. The molecule has 0 spiro atoms. The molecule has 1 aromatic carbocycles. The summed E-state index contributed by atoms with van der Waals surface area (Å²) in [5.41, 5.74) is 2.02. The van der Waals surface area contributed by atoms with Crippen molar-refractivity contribution in [2.24, 2.45) is 0 Å². The van der Waals surface area contributed by atoms with Gasteiger partial charge >= 0.3 is 5.76 Å². The number of nitrogens with one attached hydrogen (secondary N) is 1. The number of rotatable bonds is 5. The van der Waals surface area contributed by atoms with Crippen LogP contribution in [0.15, 0.2) is 51.0 Å². The van der Waals surface area contributed by atoms with Crippen LogP contribution < -0.4 is 5.76 Å². The number of para-hydroxylation sites is 2. The van der Waals surface area contributed by atoms with E-state index >= 15 is 0 Å². The second-order valence-corrected chi connectivity index (χ2v) is 8.37. The number of H-pyrrole nitrogens is 1. The van der Waals surface area contributed by atoms with Crippen molar-refractivity contribution < 1.29 is 9.21 Å². The van der Waals surface area contributed by atoms with Crippen LogP contribution in [-0.4, -0.2) is 43.6 Å². The Kier molecular flexibility index (Phi) is 4.96. The van der Waals surface area contributed by atoms with Crippen LogP contribution in [0, 0.1) is 0 Å². The minimum absolute atomic E-state index is 0.0330. The molecule has 0 atom stereocenters. The van der Waals surface area contributed by atoms with Gasteiger partial charge in [0.05, 0.1) is 22.5 Å². The molecule has 5 rings (SSSR count). The van der Waals surface area contributed by atoms with Crippen LogP contribution in [0.25, 0.3) is 21.8 Å². The van der Waals surface area contributed by atoms with Crippen molar-refractivity contribution in [3.05, 3.63) is 58.2 Å². The quantitative estimate of drug-likeness (QED) is 0.532. The van der Waals surface area contributed by atoms with Gasteiger partial charge in [-0.3, -0.25) is 4.79 Å². The Hall–Kier alpha value is -3.20. The third-order valence-electron chi connectivity index (χ3n) is 5.52. The van der Waals surface area contributed by atoms with E-state index in [9.17, 15) is 9.59 Å². The van der Waals surface area contributed by atoms with Gasteiger partial charge in [0, 0.05) is 25.4 Å². The van der Waals surface area contributed by atoms with Gasteiger partial charge in [-0.25, -0.2) is 9.78 Å². The average Bonchev–Trinajstić information content (AvgIpc) is 3.51. The molecule has 0 unspecified atom stereocenters. The summed E-state index contributed by atoms with van der Waals surface area (Å²) >= 11 is 1.45. The number of aromatic amines is 1. The Balaban J connectivity index is 1.17. The Labute approximate surface area is 176 Å². The van der Waals surface area contributed by atoms with Gasteiger partial charge in [0.25, 0.3) is 5.89 Å². The number of piperidine rings is 1. The number of hydrogen-bond donors (Lipinski definition) is 1. The van der Waals surface area contributed by atoms with E-state index in [1.165, 1.54) is 16.0 Å². The molecule has 0 aliphatic carbocycles. The first-order chi connectivity index (χ1) is 14.7. The number of aryl methyl sites for hydroxylation is 1. The van der Waals surface area contributed by atoms with Crippen molar-refractivity contribution in [2.75, 3.05) is 13.1 Å². The van der Waals surface area contributed by atoms with E-state index in [4.69, 9.17) is 9.40 Å². The van der Waals surface area contributed by atoms with Crippen LogP contribution in [0.5, 0.6) is 0 Å². The number of carbonyl (C=O) groups excluding carboxylic acids is 1. The molecule has 0 saturated carbocycles. The molecule has 1 amide bonds. The van der Waals surface area contributed by atoms with Gasteiger partial charge in [0.2, 0.25) is 5.91 Å². The molecular weight excluding hydrogens is 402 g/mol. The summed E-state index contributed by atoms with van der Waals surface area (Å²) < 4.78 is 6.43. The standard InChI is InChI=1S/C21H21N5O3S/c27-18(9-12-26-21(28)29-20(24-26)17-6-3-13-30-17)25-10-7-14(8-11-25)19-22-15-4-1-2-5-16(15)23-19/h1-6,13-14H,7-12H2,(H,22,23). The Bertz CT molecular complexity index is 1180. The first-order valence-electron chi connectivity index (χ1n) is 10.0. The van der Waals surface area contributed by atoms with Crippen LogP contribution in [-0.2, 0) is 11.3 Å². The molecule has 0 radical (unpaired) electrons. The molecule has 0 bridgehead atoms. The van der Waals surface area contributed by atoms with E-state index in [0.717, 1.165) is 34.6 Å². The summed E-state index contributed by atoms with van der Waals surface area (Å²) in [4.78, 5) is 35.4. The van der Waals surface area contributed by atoms with Crippen LogP contribution in [0.2, 0.25) is 0 Å². The lowest BCUT2D eigenvalue weighted by molar-refractivity contribution is -0.132. The highest BCUT2D eigenvalue weighted by Crippen LogP contribution is 2.28. The van der Waals surface area contributed by atoms with Crippen LogP contribution >= 0.6 is 11.3 Å². The number of aromatic nitrogens is 4. The predicted octanol–water partition coefficient (Wildman–Crippen LogP) is 3.24. The number of hydrogen-bond acceptors (Lipinski definition) is 6. The fourth-order valence-corrected chi connectivity index (χ4v) is 4.52. The van der Waals surface area contributed by atoms with Gasteiger partial charge < -0.3 is 14.3 Å². The summed E-state index contributed by atoms with van der Waals surface area (Å²) in [7, 11) is 0. The predicted molar refractivity (Wildman–Crippen MR) is 113 cm³/mol. The number of nitrogens with zero attached hydrogens (tertiary/aromatic N) is 4. The minimum atomic E-state index is -0.533. The van der Waals surface area contributed by atoms with Gasteiger partial charge in [-0.05, 0) is 36.4 Å². The molecule has 9 heteroatoms. The van der Waals surface area contributed by atoms with Gasteiger partial charge in [0.1, 0.15) is 5.82 Å². The van der Waals surface area contributed by atoms with E-state index in [1.54, 1.807) is 0 Å². The number of thiophene rings is 1. The number of amides is 1. The second-order valence-electron chi connectivity index (χ2n) is 7.42. The number of imidazole rings is 1. The maximum absolute atomic E-state index is 12.6. The first-order valence-corrected chi connectivity index (χ1v) is 10.9. The summed E-state index contributed by atoms with van der Waals surface area (Å²) in [5, 5.41) is 6.10. The van der Waals surface area contributed by atoms with Gasteiger partial charge in [-0.1, -0.05) is 18.2 Å². The highest BCUT2D eigenvalue weighted by Gasteiger charge is 2.26. The number of fused-ring (bicyclic) bond motifs is 1. The molecule has 1 fully saturated rings. The summed E-state index contributed by atoms with van der Waals surface area (Å²) in [5.74, 6) is 1.13. The van der Waals surface area contributed by atoms with E-state index in [1.807, 2.05) is 46.7 Å². The van der Waals surface area contributed by atoms with Gasteiger partial charge in [-0.2, -0.15) is 4.68 Å². The Morgan fingerprint density at radius 3 is 2.80 bits per heavy atom. The number of likely N-dealkylation sites (tertiary alicyclic amines) is 1. The smallest absolute Gasteiger partial charge is 0.387 e. The van der Waals surface area contributed by atoms with Gasteiger partial charge in [0.15, 0.2) is 0 Å². The number of carbonyl (C=O) groups is 1. The lowest BCUT2D eigenvalue weighted by Crippen LogP contribution is -2.38. The van der Waals surface area contributed by atoms with Crippen molar-refractivity contribution in [2.45, 2.75) is 31.7 Å². The molecular formula is C21H21N5O3S. The molecule has 3 aromatic heterocycles. The van der Waals surface area contributed by atoms with Crippen molar-refractivity contribution in [3.8, 4) is 10.8 Å². The fraction of sp³-hybridized carbons (Fsp3) is 0.333. The van der Waals surface area contributed by atoms with E-state index in [2.05, 4.69) is 10.1 Å². The van der Waals surface area contributed by atoms with Crippen molar-refractivity contribution in [1.29, 1.82) is 0 Å². The fourth-order valence-electron chi connectivity index (χ4n) is 3.88. The molecule has 4 heterocycles. The van der Waals surface area contributed by atoms with Crippen LogP contribution in [0.3, 0.4) is 0 Å². The monoisotopic (exact) mass is 423 g/mol. The molecule has 1 aliphatic heterocycles. The lowest BCUT2D eigenvalue weighted by Gasteiger charge is -2.31. The summed E-state index contributed by atoms with van der Waals surface area (Å²) in [6.07, 6.45) is 1.97. The first kappa shape index (κ1) is 18.8. The lowest BCUT2D eigenvalue weighted by atomic mass is 9.96. The normalized spacial score (nSPS) is 15.1. The molecule has 30 heavy (non-hydrogen) atoms. The largest absolute Gasteiger partial charge is 0.437 e. The molecule has 1 saturated heterocycles. The van der Waals surface area contributed by atoms with Crippen molar-refractivity contribution in [1.82, 2.24) is 24.6 Å². The average molecular weight is 423 g/mol. The highest BCUT2D eigenvalue weighted by molar-refractivity contribution is 7.13. The minimum Gasteiger partial charge on any atom is -0.387 e. The third-order valence-corrected chi connectivity index (χ3v) is 6.38. The molecule has 1 N–H and O–H groups in total. The Morgan fingerprint density at radius 1 is 1.20 bits per heavy atom. The summed E-state index contributed by atoms with van der Waals surface area (Å²) in [6, 6.07) is 11.7. The van der Waals surface area contributed by atoms with Crippen molar-refractivity contribution >= 4 is 28.3 Å². The zero-order chi connectivity index (χ0) is 20.5. The van der Waals surface area contributed by atoms with Gasteiger partial charge in [-0.15, -0.1) is 16.4 Å². The van der Waals surface area contributed by atoms with Crippen molar-refractivity contribution in [3.63, 3.8) is 0 Å².